The van der Waals surface area contributed by atoms with Gasteiger partial charge in [0.05, 0.1) is 6.61 Å². The minimum absolute atomic E-state index is 0.619. The van der Waals surface area contributed by atoms with E-state index in [-0.39, 0.29) is 0 Å². The number of hydrogen-bond donors (Lipinski definition) is 1. The molecule has 0 spiro atoms. The van der Waals surface area contributed by atoms with Crippen molar-refractivity contribution in [3.05, 3.63) is 0 Å². The maximum Gasteiger partial charge on any atom is 0.343 e. The maximum absolute atomic E-state index is 12.3. The molecule has 1 rings (SSSR count). The van der Waals surface area contributed by atoms with Crippen LogP contribution in [0.5, 0.6) is 0 Å². The zero-order valence-electron chi connectivity index (χ0n) is 9.16. The van der Waals surface area contributed by atoms with Crippen LogP contribution in [0.1, 0.15) is 33.1 Å². The van der Waals surface area contributed by atoms with Gasteiger partial charge in [-0.25, -0.2) is 9.76 Å². The molecule has 1 heterocycles. The Hall–Kier alpha value is 0.110. The lowest BCUT2D eigenvalue weighted by Gasteiger charge is -2.33. The number of nitrogens with zero attached hydrogens (tertiary/aromatic N) is 1. The van der Waals surface area contributed by atoms with Crippen LogP contribution in [0.4, 0.5) is 0 Å². The number of rotatable bonds is 5. The standard InChI is InChI=1S/C9H21N2O2P/c1-3-7-11(8-4-2)14(12)10-6-5-9-13-14/h3-9H2,1-2H3,(H,10,12). The maximum atomic E-state index is 12.3. The molecule has 1 atom stereocenters. The molecule has 1 N–H and O–H groups in total. The summed E-state index contributed by atoms with van der Waals surface area (Å²) in [5, 5.41) is 3.02. The quantitative estimate of drug-likeness (QED) is 0.721. The third-order valence-electron chi connectivity index (χ3n) is 2.23. The monoisotopic (exact) mass is 220 g/mol. The van der Waals surface area contributed by atoms with Crippen molar-refractivity contribution in [2.45, 2.75) is 33.1 Å². The van der Waals surface area contributed by atoms with Gasteiger partial charge in [-0.05, 0) is 19.3 Å². The Kier molecular flexibility index (Phi) is 5.10. The van der Waals surface area contributed by atoms with Gasteiger partial charge in [0.2, 0.25) is 0 Å². The molecular formula is C9H21N2O2P. The van der Waals surface area contributed by atoms with Crippen LogP contribution in [-0.2, 0) is 9.09 Å². The average Bonchev–Trinajstić information content (AvgIpc) is 2.19. The van der Waals surface area contributed by atoms with E-state index in [4.69, 9.17) is 4.52 Å². The second-order valence-electron chi connectivity index (χ2n) is 3.57. The van der Waals surface area contributed by atoms with Gasteiger partial charge in [-0.2, -0.15) is 0 Å². The van der Waals surface area contributed by atoms with E-state index in [0.29, 0.717) is 6.61 Å². The zero-order valence-corrected chi connectivity index (χ0v) is 10.1. The topological polar surface area (TPSA) is 41.6 Å². The second kappa shape index (κ2) is 5.86. The fourth-order valence-corrected chi connectivity index (χ4v) is 3.80. The van der Waals surface area contributed by atoms with E-state index in [9.17, 15) is 4.57 Å². The highest BCUT2D eigenvalue weighted by atomic mass is 31.2. The molecule has 0 bridgehead atoms. The molecule has 0 aromatic rings. The van der Waals surface area contributed by atoms with E-state index >= 15 is 0 Å². The lowest BCUT2D eigenvalue weighted by molar-refractivity contribution is 0.226. The Bertz CT molecular complexity index is 195. The summed E-state index contributed by atoms with van der Waals surface area (Å²) in [4.78, 5) is 0. The van der Waals surface area contributed by atoms with E-state index in [0.717, 1.165) is 38.9 Å². The Balaban J connectivity index is 2.58. The SMILES string of the molecule is CCCN(CCC)P1(=O)NCCCO1. The van der Waals surface area contributed by atoms with Crippen molar-refractivity contribution < 1.29 is 9.09 Å². The molecule has 0 aromatic heterocycles. The average molecular weight is 220 g/mol. The third kappa shape index (κ3) is 3.06. The normalized spacial score (nSPS) is 28.2. The Morgan fingerprint density at radius 1 is 1.36 bits per heavy atom. The van der Waals surface area contributed by atoms with Crippen molar-refractivity contribution in [3.63, 3.8) is 0 Å². The molecule has 0 amide bonds. The first kappa shape index (κ1) is 12.2. The van der Waals surface area contributed by atoms with Crippen LogP contribution in [-0.4, -0.2) is 30.9 Å². The molecule has 0 radical (unpaired) electrons. The minimum Gasteiger partial charge on any atom is -0.306 e. The largest absolute Gasteiger partial charge is 0.343 e. The molecule has 1 aliphatic heterocycles. The predicted molar refractivity (Wildman–Crippen MR) is 58.3 cm³/mol. The first-order chi connectivity index (χ1) is 6.73. The molecule has 14 heavy (non-hydrogen) atoms. The van der Waals surface area contributed by atoms with Crippen LogP contribution in [0, 0.1) is 0 Å². The van der Waals surface area contributed by atoms with Gasteiger partial charge < -0.3 is 4.52 Å². The summed E-state index contributed by atoms with van der Waals surface area (Å²) in [6, 6.07) is 0. The summed E-state index contributed by atoms with van der Waals surface area (Å²) in [5.41, 5.74) is 0. The molecule has 5 heteroatoms. The zero-order chi connectivity index (χ0) is 10.4. The van der Waals surface area contributed by atoms with Crippen LogP contribution >= 0.6 is 7.67 Å². The highest BCUT2D eigenvalue weighted by molar-refractivity contribution is 7.54. The van der Waals surface area contributed by atoms with Crippen LogP contribution in [0.25, 0.3) is 0 Å². The van der Waals surface area contributed by atoms with Crippen molar-refractivity contribution in [3.8, 4) is 0 Å². The lowest BCUT2D eigenvalue weighted by atomic mass is 10.4. The van der Waals surface area contributed by atoms with Crippen LogP contribution in [0.3, 0.4) is 0 Å². The number of hydrogen-bond acceptors (Lipinski definition) is 2. The summed E-state index contributed by atoms with van der Waals surface area (Å²) in [6.45, 7) is 7.31. The second-order valence-corrected chi connectivity index (χ2v) is 5.75. The Labute approximate surface area is 86.6 Å². The van der Waals surface area contributed by atoms with E-state index in [1.54, 1.807) is 0 Å². The summed E-state index contributed by atoms with van der Waals surface area (Å²) in [5.74, 6) is 0. The van der Waals surface area contributed by atoms with E-state index < -0.39 is 7.67 Å². The highest BCUT2D eigenvalue weighted by Crippen LogP contribution is 2.48. The van der Waals surface area contributed by atoms with Gasteiger partial charge in [0.1, 0.15) is 0 Å². The smallest absolute Gasteiger partial charge is 0.306 e. The first-order valence-corrected chi connectivity index (χ1v) is 7.06. The molecule has 4 nitrogen and oxygen atoms in total. The van der Waals surface area contributed by atoms with E-state index in [2.05, 4.69) is 18.9 Å². The minimum atomic E-state index is -2.67. The molecule has 1 saturated heterocycles. The molecule has 84 valence electrons. The van der Waals surface area contributed by atoms with Gasteiger partial charge in [-0.1, -0.05) is 13.8 Å². The highest BCUT2D eigenvalue weighted by Gasteiger charge is 2.32. The van der Waals surface area contributed by atoms with Crippen molar-refractivity contribution in [2.24, 2.45) is 0 Å². The molecule has 0 saturated carbocycles. The van der Waals surface area contributed by atoms with Crippen LogP contribution in [0.2, 0.25) is 0 Å². The predicted octanol–water partition coefficient (Wildman–Crippen LogP) is 2.23. The van der Waals surface area contributed by atoms with Gasteiger partial charge in [-0.15, -0.1) is 0 Å². The van der Waals surface area contributed by atoms with Crippen LogP contribution in [0.15, 0.2) is 0 Å². The summed E-state index contributed by atoms with van der Waals surface area (Å²) < 4.78 is 19.7. The first-order valence-electron chi connectivity index (χ1n) is 5.48. The Morgan fingerprint density at radius 2 is 2.00 bits per heavy atom. The summed E-state index contributed by atoms with van der Waals surface area (Å²) in [6.07, 6.45) is 2.97. The molecule has 1 unspecified atom stereocenters. The summed E-state index contributed by atoms with van der Waals surface area (Å²) in [7, 11) is -2.67. The molecule has 0 aromatic carbocycles. The molecule has 1 fully saturated rings. The molecule has 0 aliphatic carbocycles. The van der Waals surface area contributed by atoms with Crippen molar-refractivity contribution in [1.29, 1.82) is 0 Å². The number of nitrogens with one attached hydrogen (secondary N) is 1. The third-order valence-corrected chi connectivity index (χ3v) is 4.54. The van der Waals surface area contributed by atoms with Gasteiger partial charge in [0, 0.05) is 19.6 Å². The van der Waals surface area contributed by atoms with Crippen molar-refractivity contribution >= 4 is 7.67 Å². The van der Waals surface area contributed by atoms with E-state index in [1.165, 1.54) is 0 Å². The van der Waals surface area contributed by atoms with Gasteiger partial charge in [-0.3, -0.25) is 4.57 Å². The molecule has 1 aliphatic rings. The summed E-state index contributed by atoms with van der Waals surface area (Å²) >= 11 is 0. The van der Waals surface area contributed by atoms with Gasteiger partial charge in [0.15, 0.2) is 0 Å². The van der Waals surface area contributed by atoms with E-state index in [1.807, 2.05) is 4.67 Å². The van der Waals surface area contributed by atoms with Crippen molar-refractivity contribution in [2.75, 3.05) is 26.2 Å². The fourth-order valence-electron chi connectivity index (χ4n) is 1.60. The van der Waals surface area contributed by atoms with Gasteiger partial charge in [0.25, 0.3) is 0 Å². The van der Waals surface area contributed by atoms with Crippen molar-refractivity contribution in [1.82, 2.24) is 9.76 Å². The Morgan fingerprint density at radius 3 is 2.43 bits per heavy atom. The van der Waals surface area contributed by atoms with Gasteiger partial charge >= 0.3 is 7.67 Å². The molecular weight excluding hydrogens is 199 g/mol. The van der Waals surface area contributed by atoms with Crippen LogP contribution < -0.4 is 5.09 Å². The fraction of sp³-hybridized carbons (Fsp3) is 1.00. The lowest BCUT2D eigenvalue weighted by Crippen LogP contribution is -2.34.